The highest BCUT2D eigenvalue weighted by molar-refractivity contribution is 6.38. The maximum Gasteiger partial charge on any atom is 0.158 e. The van der Waals surface area contributed by atoms with Crippen molar-refractivity contribution in [2.75, 3.05) is 0 Å². The molecule has 3 rings (SSSR count). The second-order valence-corrected chi connectivity index (χ2v) is 5.31. The minimum Gasteiger partial charge on any atom is -0.216 e. The Morgan fingerprint density at radius 1 is 1.15 bits per heavy atom. The Morgan fingerprint density at radius 3 is 2.60 bits per heavy atom. The summed E-state index contributed by atoms with van der Waals surface area (Å²) < 4.78 is 1.65. The van der Waals surface area contributed by atoms with Crippen LogP contribution < -0.4 is 0 Å². The summed E-state index contributed by atoms with van der Waals surface area (Å²) >= 11 is 12.8. The van der Waals surface area contributed by atoms with E-state index in [1.807, 2.05) is 36.4 Å². The molecule has 0 aliphatic rings. The predicted octanol–water partition coefficient (Wildman–Crippen LogP) is 4.66. The Morgan fingerprint density at radius 2 is 1.90 bits per heavy atom. The normalized spacial score (nSPS) is 11.2. The number of hydrogen-bond donors (Lipinski definition) is 0. The highest BCUT2D eigenvalue weighted by atomic mass is 35.5. The summed E-state index contributed by atoms with van der Waals surface area (Å²) in [6, 6.07) is 11.7. The van der Waals surface area contributed by atoms with Crippen LogP contribution in [0.2, 0.25) is 10.3 Å². The molecule has 0 unspecified atom stereocenters. The van der Waals surface area contributed by atoms with E-state index in [-0.39, 0.29) is 0 Å². The van der Waals surface area contributed by atoms with Gasteiger partial charge in [-0.15, -0.1) is 0 Å². The van der Waals surface area contributed by atoms with Crippen molar-refractivity contribution >= 4 is 28.8 Å². The first-order valence-corrected chi connectivity index (χ1v) is 7.25. The van der Waals surface area contributed by atoms with Gasteiger partial charge in [-0.2, -0.15) is 5.10 Å². The number of fused-ring (bicyclic) bond motifs is 1. The number of aromatic nitrogens is 3. The molecule has 0 saturated carbocycles. The topological polar surface area (TPSA) is 30.2 Å². The van der Waals surface area contributed by atoms with Crippen molar-refractivity contribution in [2.24, 2.45) is 0 Å². The summed E-state index contributed by atoms with van der Waals surface area (Å²) in [6.07, 6.45) is 1.93. The summed E-state index contributed by atoms with van der Waals surface area (Å²) in [6.45, 7) is 2.11. The van der Waals surface area contributed by atoms with Crippen LogP contribution >= 0.6 is 23.2 Å². The molecule has 3 aromatic rings. The van der Waals surface area contributed by atoms with Gasteiger partial charge in [-0.3, -0.25) is 0 Å². The van der Waals surface area contributed by atoms with Gasteiger partial charge >= 0.3 is 0 Å². The van der Waals surface area contributed by atoms with Crippen LogP contribution in [-0.4, -0.2) is 14.6 Å². The fourth-order valence-corrected chi connectivity index (χ4v) is 2.87. The van der Waals surface area contributed by atoms with Crippen molar-refractivity contribution in [1.29, 1.82) is 0 Å². The van der Waals surface area contributed by atoms with E-state index in [0.717, 1.165) is 24.1 Å². The second kappa shape index (κ2) is 5.43. The van der Waals surface area contributed by atoms with Crippen LogP contribution in [0.3, 0.4) is 0 Å². The fraction of sp³-hybridized carbons (Fsp3) is 0.200. The molecule has 1 aromatic carbocycles. The van der Waals surface area contributed by atoms with Gasteiger partial charge in [0.1, 0.15) is 10.3 Å². The summed E-state index contributed by atoms with van der Waals surface area (Å²) in [4.78, 5) is 4.40. The molecule has 0 fully saturated rings. The highest BCUT2D eigenvalue weighted by Crippen LogP contribution is 2.33. The molecule has 0 saturated heterocycles. The third-order valence-electron chi connectivity index (χ3n) is 3.12. The van der Waals surface area contributed by atoms with Gasteiger partial charge < -0.3 is 0 Å². The minimum absolute atomic E-state index is 0.400. The average molecular weight is 306 g/mol. The molecule has 0 atom stereocenters. The number of benzene rings is 1. The van der Waals surface area contributed by atoms with Crippen LogP contribution in [0.5, 0.6) is 0 Å². The molecule has 2 aromatic heterocycles. The maximum absolute atomic E-state index is 6.47. The predicted molar refractivity (Wildman–Crippen MR) is 82.4 cm³/mol. The Labute approximate surface area is 127 Å². The van der Waals surface area contributed by atoms with E-state index in [0.29, 0.717) is 21.5 Å². The van der Waals surface area contributed by atoms with Gasteiger partial charge in [-0.05, 0) is 12.0 Å². The van der Waals surface area contributed by atoms with Crippen molar-refractivity contribution in [3.63, 3.8) is 0 Å². The van der Waals surface area contributed by atoms with Crippen LogP contribution in [0, 0.1) is 0 Å². The fourth-order valence-electron chi connectivity index (χ4n) is 2.21. The highest BCUT2D eigenvalue weighted by Gasteiger charge is 2.16. The third kappa shape index (κ3) is 2.28. The summed E-state index contributed by atoms with van der Waals surface area (Å²) in [7, 11) is 0. The van der Waals surface area contributed by atoms with E-state index in [9.17, 15) is 0 Å². The lowest BCUT2D eigenvalue weighted by molar-refractivity contribution is 0.834. The molecule has 20 heavy (non-hydrogen) atoms. The van der Waals surface area contributed by atoms with E-state index >= 15 is 0 Å². The third-order valence-corrected chi connectivity index (χ3v) is 3.74. The molecule has 0 radical (unpaired) electrons. The largest absolute Gasteiger partial charge is 0.216 e. The summed E-state index contributed by atoms with van der Waals surface area (Å²) in [5.74, 6) is 0. The first-order valence-electron chi connectivity index (χ1n) is 6.49. The monoisotopic (exact) mass is 305 g/mol. The lowest BCUT2D eigenvalue weighted by atomic mass is 10.1. The first-order chi connectivity index (χ1) is 9.70. The van der Waals surface area contributed by atoms with Crippen molar-refractivity contribution in [2.45, 2.75) is 19.8 Å². The van der Waals surface area contributed by atoms with Crippen LogP contribution in [0.1, 0.15) is 19.0 Å². The lowest BCUT2D eigenvalue weighted by Crippen LogP contribution is -1.97. The van der Waals surface area contributed by atoms with Crippen molar-refractivity contribution in [3.05, 3.63) is 52.4 Å². The molecular weight excluding hydrogens is 293 g/mol. The van der Waals surface area contributed by atoms with Gasteiger partial charge in [0, 0.05) is 6.07 Å². The molecule has 102 valence electrons. The second-order valence-electron chi connectivity index (χ2n) is 4.59. The van der Waals surface area contributed by atoms with Crippen LogP contribution in [0.15, 0.2) is 36.4 Å². The van der Waals surface area contributed by atoms with E-state index in [1.165, 1.54) is 0 Å². The van der Waals surface area contributed by atoms with Crippen molar-refractivity contribution in [3.8, 4) is 11.1 Å². The Bertz CT molecular complexity index is 751. The smallest absolute Gasteiger partial charge is 0.158 e. The molecule has 2 heterocycles. The lowest BCUT2D eigenvalue weighted by Gasteiger charge is -2.07. The Hall–Kier alpha value is -1.58. The zero-order chi connectivity index (χ0) is 14.1. The van der Waals surface area contributed by atoms with Crippen LogP contribution in [0.25, 0.3) is 16.8 Å². The Kier molecular flexibility index (Phi) is 3.64. The van der Waals surface area contributed by atoms with Gasteiger partial charge in [0.05, 0.1) is 11.3 Å². The molecular formula is C15H13Cl2N3. The number of hydrogen-bond acceptors (Lipinski definition) is 2. The van der Waals surface area contributed by atoms with E-state index in [1.54, 1.807) is 4.52 Å². The van der Waals surface area contributed by atoms with E-state index in [2.05, 4.69) is 17.0 Å². The molecule has 0 spiro atoms. The van der Waals surface area contributed by atoms with E-state index in [4.69, 9.17) is 23.2 Å². The molecule has 0 aliphatic heterocycles. The SMILES string of the molecule is CCCc1cc2nc(Cl)c(-c3ccccc3)c(Cl)n2n1. The molecule has 3 nitrogen and oxygen atoms in total. The zero-order valence-electron chi connectivity index (χ0n) is 11.0. The van der Waals surface area contributed by atoms with Crippen LogP contribution in [-0.2, 0) is 6.42 Å². The maximum atomic E-state index is 6.47. The van der Waals surface area contributed by atoms with Crippen molar-refractivity contribution < 1.29 is 0 Å². The standard InChI is InChI=1S/C15H13Cl2N3/c1-2-6-11-9-12-18-14(16)13(15(17)20(12)19-11)10-7-4-3-5-8-10/h3-5,7-9H,2,6H2,1H3. The average Bonchev–Trinajstić information content (AvgIpc) is 2.83. The van der Waals surface area contributed by atoms with Gasteiger partial charge in [-0.25, -0.2) is 9.50 Å². The molecule has 0 bridgehead atoms. The number of nitrogens with zero attached hydrogens (tertiary/aromatic N) is 3. The summed E-state index contributed by atoms with van der Waals surface area (Å²) in [5.41, 5.74) is 3.31. The minimum atomic E-state index is 0.400. The van der Waals surface area contributed by atoms with Crippen molar-refractivity contribution in [1.82, 2.24) is 14.6 Å². The summed E-state index contributed by atoms with van der Waals surface area (Å²) in [5, 5.41) is 5.39. The van der Waals surface area contributed by atoms with Gasteiger partial charge in [0.15, 0.2) is 5.65 Å². The Balaban J connectivity index is 2.23. The van der Waals surface area contributed by atoms with Gasteiger partial charge in [-0.1, -0.05) is 66.9 Å². The van der Waals surface area contributed by atoms with Gasteiger partial charge in [0.2, 0.25) is 0 Å². The first kappa shape index (κ1) is 13.4. The molecule has 0 amide bonds. The van der Waals surface area contributed by atoms with E-state index < -0.39 is 0 Å². The number of rotatable bonds is 3. The zero-order valence-corrected chi connectivity index (χ0v) is 12.5. The number of aryl methyl sites for hydroxylation is 1. The molecule has 0 aliphatic carbocycles. The van der Waals surface area contributed by atoms with Crippen LogP contribution in [0.4, 0.5) is 0 Å². The quantitative estimate of drug-likeness (QED) is 0.659. The number of halogens is 2. The molecule has 5 heteroatoms. The van der Waals surface area contributed by atoms with Gasteiger partial charge in [0.25, 0.3) is 0 Å². The molecule has 0 N–H and O–H groups in total.